The summed E-state index contributed by atoms with van der Waals surface area (Å²) in [6.45, 7) is 1.87. The molecule has 0 saturated heterocycles. The molecular weight excluding hydrogens is 402 g/mol. The summed E-state index contributed by atoms with van der Waals surface area (Å²) in [5.41, 5.74) is 1.26. The van der Waals surface area contributed by atoms with Crippen LogP contribution in [0.3, 0.4) is 0 Å². The number of hydrogen-bond donors (Lipinski definition) is 1. The zero-order valence-electron chi connectivity index (χ0n) is 14.2. The lowest BCUT2D eigenvalue weighted by Gasteiger charge is -2.10. The van der Waals surface area contributed by atoms with Gasteiger partial charge in [0.05, 0.1) is 17.0 Å². The molecule has 27 heavy (non-hydrogen) atoms. The van der Waals surface area contributed by atoms with Crippen LogP contribution in [-0.2, 0) is 16.4 Å². The molecule has 4 aromatic rings. The zero-order chi connectivity index (χ0) is 18.9. The minimum absolute atomic E-state index is 0.285. The summed E-state index contributed by atoms with van der Waals surface area (Å²) in [5.74, 6) is 0.962. The summed E-state index contributed by atoms with van der Waals surface area (Å²) in [5, 5.41) is 5.94. The topological polar surface area (TPSA) is 85.1 Å². The molecule has 1 aromatic carbocycles. The van der Waals surface area contributed by atoms with E-state index in [1.54, 1.807) is 24.3 Å². The number of aryl methyl sites for hydroxylation is 1. The van der Waals surface area contributed by atoms with E-state index in [2.05, 4.69) is 14.9 Å². The number of hydrogen-bond acceptors (Lipinski definition) is 7. The van der Waals surface area contributed by atoms with E-state index in [9.17, 15) is 8.42 Å². The minimum Gasteiger partial charge on any atom is -0.339 e. The Balaban J connectivity index is 1.58. The number of nitrogens with one attached hydrogen (secondary N) is 1. The van der Waals surface area contributed by atoms with Crippen molar-refractivity contribution in [3.63, 3.8) is 0 Å². The fourth-order valence-electron chi connectivity index (χ4n) is 2.52. The van der Waals surface area contributed by atoms with Gasteiger partial charge in [-0.2, -0.15) is 4.98 Å². The van der Waals surface area contributed by atoms with E-state index >= 15 is 0 Å². The highest BCUT2D eigenvalue weighted by Crippen LogP contribution is 2.27. The molecule has 0 aliphatic rings. The highest BCUT2D eigenvalue weighted by atomic mass is 32.2. The van der Waals surface area contributed by atoms with Gasteiger partial charge in [0.2, 0.25) is 11.7 Å². The molecule has 0 spiro atoms. The first kappa shape index (κ1) is 17.9. The lowest BCUT2D eigenvalue weighted by atomic mass is 10.1. The third-order valence-electron chi connectivity index (χ3n) is 3.79. The van der Waals surface area contributed by atoms with E-state index in [0.29, 0.717) is 23.8 Å². The van der Waals surface area contributed by atoms with Crippen molar-refractivity contribution in [2.75, 3.05) is 4.72 Å². The van der Waals surface area contributed by atoms with Crippen LogP contribution in [0.25, 0.3) is 10.7 Å². The van der Waals surface area contributed by atoms with Crippen LogP contribution >= 0.6 is 22.7 Å². The van der Waals surface area contributed by atoms with E-state index in [4.69, 9.17) is 4.52 Å². The van der Waals surface area contributed by atoms with Crippen LogP contribution < -0.4 is 4.72 Å². The zero-order valence-corrected chi connectivity index (χ0v) is 16.7. The van der Waals surface area contributed by atoms with Crippen molar-refractivity contribution in [1.29, 1.82) is 0 Å². The molecule has 9 heteroatoms. The lowest BCUT2D eigenvalue weighted by molar-refractivity contribution is 0.386. The maximum absolute atomic E-state index is 12.6. The van der Waals surface area contributed by atoms with E-state index in [-0.39, 0.29) is 4.21 Å². The summed E-state index contributed by atoms with van der Waals surface area (Å²) >= 11 is 2.77. The van der Waals surface area contributed by atoms with E-state index in [0.717, 1.165) is 15.3 Å². The Kier molecular flexibility index (Phi) is 4.81. The first-order valence-electron chi connectivity index (χ1n) is 8.05. The SMILES string of the molecule is Cc1ccc(S(=O)(=O)Nc2ccccc2Cc2nc(-c3cccs3)no2)s1. The number of aromatic nitrogens is 2. The Hall–Kier alpha value is -2.49. The van der Waals surface area contributed by atoms with Gasteiger partial charge in [-0.05, 0) is 42.1 Å². The van der Waals surface area contributed by atoms with Gasteiger partial charge in [0, 0.05) is 4.88 Å². The van der Waals surface area contributed by atoms with Gasteiger partial charge in [-0.15, -0.1) is 22.7 Å². The van der Waals surface area contributed by atoms with Gasteiger partial charge in [-0.3, -0.25) is 4.72 Å². The second-order valence-electron chi connectivity index (χ2n) is 5.79. The minimum atomic E-state index is -3.63. The molecule has 138 valence electrons. The molecule has 0 aliphatic heterocycles. The highest BCUT2D eigenvalue weighted by Gasteiger charge is 2.19. The molecule has 0 unspecified atom stereocenters. The fourth-order valence-corrected chi connectivity index (χ4v) is 5.55. The van der Waals surface area contributed by atoms with Gasteiger partial charge in [0.25, 0.3) is 10.0 Å². The predicted octanol–water partition coefficient (Wildman–Crippen LogP) is 4.56. The Morgan fingerprint density at radius 2 is 1.96 bits per heavy atom. The third-order valence-corrected chi connectivity index (χ3v) is 7.52. The van der Waals surface area contributed by atoms with Gasteiger partial charge in [0.15, 0.2) is 0 Å². The molecule has 0 fully saturated rings. The van der Waals surface area contributed by atoms with Crippen LogP contribution in [0.5, 0.6) is 0 Å². The summed E-state index contributed by atoms with van der Waals surface area (Å²) in [7, 11) is -3.63. The average molecular weight is 418 g/mol. The Morgan fingerprint density at radius 1 is 1.11 bits per heavy atom. The monoisotopic (exact) mass is 417 g/mol. The van der Waals surface area contributed by atoms with E-state index in [1.165, 1.54) is 22.7 Å². The molecule has 0 radical (unpaired) electrons. The lowest BCUT2D eigenvalue weighted by Crippen LogP contribution is -2.13. The van der Waals surface area contributed by atoms with Crippen LogP contribution in [0.15, 0.2) is 62.6 Å². The third kappa shape index (κ3) is 3.95. The Morgan fingerprint density at radius 3 is 2.70 bits per heavy atom. The number of nitrogens with zero attached hydrogens (tertiary/aromatic N) is 2. The highest BCUT2D eigenvalue weighted by molar-refractivity contribution is 7.94. The first-order chi connectivity index (χ1) is 13.0. The van der Waals surface area contributed by atoms with Crippen LogP contribution in [0.1, 0.15) is 16.3 Å². The van der Waals surface area contributed by atoms with Gasteiger partial charge in [0.1, 0.15) is 4.21 Å². The summed E-state index contributed by atoms with van der Waals surface area (Å²) in [4.78, 5) is 6.27. The number of para-hydroxylation sites is 1. The molecular formula is C18H15N3O3S3. The number of rotatable bonds is 6. The molecule has 3 aromatic heterocycles. The van der Waals surface area contributed by atoms with Crippen molar-refractivity contribution in [1.82, 2.24) is 10.1 Å². The Labute approximate surface area is 164 Å². The molecule has 0 aliphatic carbocycles. The van der Waals surface area contributed by atoms with Crippen LogP contribution in [-0.4, -0.2) is 18.6 Å². The van der Waals surface area contributed by atoms with Crippen molar-refractivity contribution in [2.45, 2.75) is 17.6 Å². The molecule has 0 saturated carbocycles. The number of anilines is 1. The van der Waals surface area contributed by atoms with Crippen molar-refractivity contribution in [2.24, 2.45) is 0 Å². The number of thiophene rings is 2. The molecule has 0 atom stereocenters. The van der Waals surface area contributed by atoms with Gasteiger partial charge >= 0.3 is 0 Å². The molecule has 0 bridgehead atoms. The van der Waals surface area contributed by atoms with Crippen molar-refractivity contribution < 1.29 is 12.9 Å². The summed E-state index contributed by atoms with van der Waals surface area (Å²) < 4.78 is 33.5. The molecule has 0 amide bonds. The van der Waals surface area contributed by atoms with E-state index < -0.39 is 10.0 Å². The number of benzene rings is 1. The van der Waals surface area contributed by atoms with Crippen LogP contribution in [0.2, 0.25) is 0 Å². The maximum atomic E-state index is 12.6. The largest absolute Gasteiger partial charge is 0.339 e. The van der Waals surface area contributed by atoms with Crippen LogP contribution in [0.4, 0.5) is 5.69 Å². The van der Waals surface area contributed by atoms with Crippen LogP contribution in [0, 0.1) is 6.92 Å². The average Bonchev–Trinajstić information content (AvgIpc) is 3.37. The predicted molar refractivity (Wildman–Crippen MR) is 107 cm³/mol. The smallest absolute Gasteiger partial charge is 0.271 e. The first-order valence-corrected chi connectivity index (χ1v) is 11.2. The normalized spacial score (nSPS) is 11.6. The summed E-state index contributed by atoms with van der Waals surface area (Å²) in [6.07, 6.45) is 0.334. The molecule has 1 N–H and O–H groups in total. The van der Waals surface area contributed by atoms with E-state index in [1.807, 2.05) is 36.6 Å². The standard InChI is InChI=1S/C18H15N3O3S3/c1-12-8-9-17(26-12)27(22,23)21-14-6-3-2-5-13(14)11-16-19-18(20-24-16)15-7-4-10-25-15/h2-10,21H,11H2,1H3. The molecule has 4 rings (SSSR count). The molecule has 6 nitrogen and oxygen atoms in total. The van der Waals surface area contributed by atoms with Gasteiger partial charge in [-0.1, -0.05) is 29.4 Å². The quantitative estimate of drug-likeness (QED) is 0.497. The Bertz CT molecular complexity index is 1160. The van der Waals surface area contributed by atoms with Crippen molar-refractivity contribution >= 4 is 38.4 Å². The van der Waals surface area contributed by atoms with Crippen molar-refractivity contribution in [3.8, 4) is 10.7 Å². The number of sulfonamides is 1. The maximum Gasteiger partial charge on any atom is 0.271 e. The summed E-state index contributed by atoms with van der Waals surface area (Å²) in [6, 6.07) is 14.4. The fraction of sp³-hybridized carbons (Fsp3) is 0.111. The molecule has 3 heterocycles. The second kappa shape index (κ2) is 7.26. The van der Waals surface area contributed by atoms with Gasteiger partial charge < -0.3 is 4.52 Å². The van der Waals surface area contributed by atoms with Gasteiger partial charge in [-0.25, -0.2) is 8.42 Å². The van der Waals surface area contributed by atoms with Crippen molar-refractivity contribution in [3.05, 3.63) is 70.2 Å². The second-order valence-corrected chi connectivity index (χ2v) is 9.94.